The zero-order valence-corrected chi connectivity index (χ0v) is 11.5. The first-order valence-electron chi connectivity index (χ1n) is 6.83. The van der Waals surface area contributed by atoms with Crippen LogP contribution in [0.4, 0.5) is 0 Å². The molecule has 2 rings (SSSR count). The van der Waals surface area contributed by atoms with E-state index in [2.05, 4.69) is 16.9 Å². The van der Waals surface area contributed by atoms with Gasteiger partial charge in [0.25, 0.3) is 0 Å². The summed E-state index contributed by atoms with van der Waals surface area (Å²) in [4.78, 5) is 12.0. The molecule has 0 aromatic carbocycles. The van der Waals surface area contributed by atoms with E-state index in [9.17, 15) is 4.79 Å². The van der Waals surface area contributed by atoms with Gasteiger partial charge in [0.2, 0.25) is 5.91 Å². The number of hydrogen-bond donors (Lipinski definition) is 2. The van der Waals surface area contributed by atoms with Gasteiger partial charge in [0, 0.05) is 6.54 Å². The first kappa shape index (κ1) is 13.2. The molecule has 98 valence electrons. The van der Waals surface area contributed by atoms with Gasteiger partial charge in [-0.2, -0.15) is 11.8 Å². The summed E-state index contributed by atoms with van der Waals surface area (Å²) in [6.45, 7) is 1.89. The Morgan fingerprint density at radius 2 is 2.29 bits per heavy atom. The fourth-order valence-corrected chi connectivity index (χ4v) is 3.66. The van der Waals surface area contributed by atoms with Gasteiger partial charge >= 0.3 is 0 Å². The van der Waals surface area contributed by atoms with E-state index in [1.165, 1.54) is 31.4 Å². The third kappa shape index (κ3) is 3.38. The fraction of sp³-hybridized carbons (Fsp3) is 0.923. The fourth-order valence-electron chi connectivity index (χ4n) is 3.17. The zero-order valence-electron chi connectivity index (χ0n) is 10.7. The smallest absolute Gasteiger partial charge is 0.237 e. The minimum atomic E-state index is 0.100. The van der Waals surface area contributed by atoms with E-state index < -0.39 is 0 Å². The van der Waals surface area contributed by atoms with Crippen LogP contribution in [0.2, 0.25) is 0 Å². The van der Waals surface area contributed by atoms with Crippen molar-refractivity contribution in [1.29, 1.82) is 0 Å². The average Bonchev–Trinajstić information content (AvgIpc) is 2.90. The maximum Gasteiger partial charge on any atom is 0.237 e. The first-order chi connectivity index (χ1) is 8.33. The highest BCUT2D eigenvalue weighted by Gasteiger charge is 2.42. The largest absolute Gasteiger partial charge is 0.355 e. The molecule has 0 spiro atoms. The summed E-state index contributed by atoms with van der Waals surface area (Å²) in [5, 5.41) is 6.48. The molecule has 2 N–H and O–H groups in total. The Kier molecular flexibility index (Phi) is 5.16. The van der Waals surface area contributed by atoms with Crippen molar-refractivity contribution in [2.45, 2.75) is 38.1 Å². The first-order valence-corrected chi connectivity index (χ1v) is 8.22. The Morgan fingerprint density at radius 3 is 3.12 bits per heavy atom. The molecule has 2 aliphatic rings. The number of nitrogens with one attached hydrogen (secondary N) is 2. The van der Waals surface area contributed by atoms with E-state index in [4.69, 9.17) is 0 Å². The van der Waals surface area contributed by atoms with Gasteiger partial charge in [-0.3, -0.25) is 4.79 Å². The lowest BCUT2D eigenvalue weighted by Crippen LogP contribution is -2.44. The highest BCUT2D eigenvalue weighted by atomic mass is 32.2. The second kappa shape index (κ2) is 6.64. The van der Waals surface area contributed by atoms with Gasteiger partial charge < -0.3 is 10.6 Å². The predicted molar refractivity (Wildman–Crippen MR) is 73.2 cm³/mol. The van der Waals surface area contributed by atoms with Crippen molar-refractivity contribution < 1.29 is 4.79 Å². The van der Waals surface area contributed by atoms with Gasteiger partial charge in [-0.1, -0.05) is 6.42 Å². The molecule has 1 aliphatic carbocycles. The van der Waals surface area contributed by atoms with Crippen LogP contribution in [-0.2, 0) is 4.79 Å². The highest BCUT2D eigenvalue weighted by molar-refractivity contribution is 7.98. The quantitative estimate of drug-likeness (QED) is 0.710. The van der Waals surface area contributed by atoms with Crippen molar-refractivity contribution in [2.24, 2.45) is 11.8 Å². The summed E-state index contributed by atoms with van der Waals surface area (Å²) in [6.07, 6.45) is 8.30. The van der Waals surface area contributed by atoms with Crippen LogP contribution < -0.4 is 10.6 Å². The minimum absolute atomic E-state index is 0.100. The number of rotatable bonds is 6. The summed E-state index contributed by atoms with van der Waals surface area (Å²) in [7, 11) is 0. The third-order valence-corrected chi connectivity index (χ3v) is 4.80. The van der Waals surface area contributed by atoms with Crippen LogP contribution in [0.3, 0.4) is 0 Å². The molecule has 0 bridgehead atoms. The summed E-state index contributed by atoms with van der Waals surface area (Å²) < 4.78 is 0. The van der Waals surface area contributed by atoms with Gasteiger partial charge in [-0.15, -0.1) is 0 Å². The van der Waals surface area contributed by atoms with Crippen LogP contribution in [-0.4, -0.2) is 37.0 Å². The van der Waals surface area contributed by atoms with E-state index in [1.54, 1.807) is 0 Å². The number of hydrogen-bond acceptors (Lipinski definition) is 3. The predicted octanol–water partition coefficient (Wildman–Crippen LogP) is 1.63. The van der Waals surface area contributed by atoms with Gasteiger partial charge in [-0.25, -0.2) is 0 Å². The van der Waals surface area contributed by atoms with Crippen LogP contribution in [0.15, 0.2) is 0 Å². The Labute approximate surface area is 108 Å². The van der Waals surface area contributed by atoms with Crippen molar-refractivity contribution in [2.75, 3.05) is 25.1 Å². The summed E-state index contributed by atoms with van der Waals surface area (Å²) >= 11 is 1.87. The second-order valence-corrected chi connectivity index (χ2v) is 6.22. The van der Waals surface area contributed by atoms with Gasteiger partial charge in [0.1, 0.15) is 0 Å². The van der Waals surface area contributed by atoms with Gasteiger partial charge in [0.05, 0.1) is 6.04 Å². The summed E-state index contributed by atoms with van der Waals surface area (Å²) in [5.74, 6) is 2.81. The lowest BCUT2D eigenvalue weighted by molar-refractivity contribution is -0.123. The monoisotopic (exact) mass is 256 g/mol. The van der Waals surface area contributed by atoms with Crippen LogP contribution in [0, 0.1) is 11.8 Å². The molecule has 1 amide bonds. The van der Waals surface area contributed by atoms with Crippen molar-refractivity contribution in [3.8, 4) is 0 Å². The van der Waals surface area contributed by atoms with E-state index in [1.807, 2.05) is 11.8 Å². The molecule has 1 saturated heterocycles. The molecule has 3 unspecified atom stereocenters. The number of unbranched alkanes of at least 4 members (excludes halogenated alkanes) is 1. The topological polar surface area (TPSA) is 41.1 Å². The van der Waals surface area contributed by atoms with Crippen LogP contribution >= 0.6 is 11.8 Å². The van der Waals surface area contributed by atoms with Crippen molar-refractivity contribution in [3.63, 3.8) is 0 Å². The molecule has 0 aromatic heterocycles. The van der Waals surface area contributed by atoms with Crippen molar-refractivity contribution in [1.82, 2.24) is 10.6 Å². The number of carbonyl (C=O) groups is 1. The van der Waals surface area contributed by atoms with Gasteiger partial charge in [-0.05, 0) is 56.1 Å². The number of thioether (sulfide) groups is 1. The number of carbonyl (C=O) groups excluding carboxylic acids is 1. The average molecular weight is 256 g/mol. The van der Waals surface area contributed by atoms with Crippen LogP contribution in [0.25, 0.3) is 0 Å². The molecular formula is C13H24N2OS. The Bertz CT molecular complexity index is 260. The van der Waals surface area contributed by atoms with Crippen LogP contribution in [0.1, 0.15) is 32.1 Å². The summed E-state index contributed by atoms with van der Waals surface area (Å²) in [5.41, 5.74) is 0. The Hall–Kier alpha value is -0.220. The Balaban J connectivity index is 1.66. The van der Waals surface area contributed by atoms with E-state index >= 15 is 0 Å². The highest BCUT2D eigenvalue weighted by Crippen LogP contribution is 2.37. The molecule has 17 heavy (non-hydrogen) atoms. The zero-order chi connectivity index (χ0) is 12.1. The molecule has 0 radical (unpaired) electrons. The SMILES string of the molecule is CSCCCCNC(=O)C1NCC2CCCC21. The molecule has 4 heteroatoms. The van der Waals surface area contributed by atoms with E-state index in [0.29, 0.717) is 5.92 Å². The molecule has 1 saturated carbocycles. The molecule has 1 aliphatic heterocycles. The lowest BCUT2D eigenvalue weighted by atomic mass is 9.93. The molecule has 3 nitrogen and oxygen atoms in total. The standard InChI is InChI=1S/C13H24N2OS/c1-17-8-3-2-7-14-13(16)12-11-6-4-5-10(11)9-15-12/h10-12,15H,2-9H2,1H3,(H,14,16). The molecule has 1 heterocycles. The summed E-state index contributed by atoms with van der Waals surface area (Å²) in [6, 6.07) is 0.100. The lowest BCUT2D eigenvalue weighted by Gasteiger charge is -2.17. The van der Waals surface area contributed by atoms with Crippen molar-refractivity contribution >= 4 is 17.7 Å². The van der Waals surface area contributed by atoms with E-state index in [-0.39, 0.29) is 11.9 Å². The normalized spacial score (nSPS) is 31.5. The second-order valence-electron chi connectivity index (χ2n) is 5.23. The molecule has 0 aromatic rings. The van der Waals surface area contributed by atoms with Gasteiger partial charge in [0.15, 0.2) is 0 Å². The third-order valence-electron chi connectivity index (χ3n) is 4.10. The number of amides is 1. The van der Waals surface area contributed by atoms with Crippen LogP contribution in [0.5, 0.6) is 0 Å². The Morgan fingerprint density at radius 1 is 1.41 bits per heavy atom. The molecule has 2 fully saturated rings. The number of fused-ring (bicyclic) bond motifs is 1. The maximum atomic E-state index is 12.0. The minimum Gasteiger partial charge on any atom is -0.355 e. The maximum absolute atomic E-state index is 12.0. The molecular weight excluding hydrogens is 232 g/mol. The van der Waals surface area contributed by atoms with E-state index in [0.717, 1.165) is 25.4 Å². The van der Waals surface area contributed by atoms with Crippen molar-refractivity contribution in [3.05, 3.63) is 0 Å². The molecule has 3 atom stereocenters.